The van der Waals surface area contributed by atoms with Gasteiger partial charge >= 0.3 is 0 Å². The second-order valence-electron chi connectivity index (χ2n) is 6.13. The molecule has 5 nitrogen and oxygen atoms in total. The summed E-state index contributed by atoms with van der Waals surface area (Å²) in [5.41, 5.74) is 2.40. The van der Waals surface area contributed by atoms with Crippen LogP contribution >= 0.6 is 0 Å². The molecule has 0 aromatic heterocycles. The highest BCUT2D eigenvalue weighted by Gasteiger charge is 2.23. The van der Waals surface area contributed by atoms with Gasteiger partial charge in [0.2, 0.25) is 5.91 Å². The van der Waals surface area contributed by atoms with Crippen molar-refractivity contribution in [3.8, 4) is 5.75 Å². The van der Waals surface area contributed by atoms with E-state index in [2.05, 4.69) is 5.32 Å². The first-order chi connectivity index (χ1) is 11.9. The average molecular weight is 340 g/mol. The molecule has 2 aromatic rings. The standard InChI is InChI=1S/C20H24N2O3/c1-14-10-11-16(13-18(14)25-4)19(23)21-17(20(24)22(2)3)12-15-8-6-5-7-9-15/h5-11,13,17H,12H2,1-4H3,(H,21,23). The largest absolute Gasteiger partial charge is 0.496 e. The number of likely N-dealkylation sites (N-methyl/N-ethyl adjacent to an activating group) is 1. The minimum absolute atomic E-state index is 0.142. The van der Waals surface area contributed by atoms with Crippen LogP contribution < -0.4 is 10.1 Å². The molecule has 0 saturated carbocycles. The van der Waals surface area contributed by atoms with Gasteiger partial charge in [0.15, 0.2) is 0 Å². The fourth-order valence-corrected chi connectivity index (χ4v) is 2.56. The Morgan fingerprint density at radius 2 is 1.80 bits per heavy atom. The van der Waals surface area contributed by atoms with Gasteiger partial charge in [0.25, 0.3) is 5.91 Å². The van der Waals surface area contributed by atoms with Crippen molar-refractivity contribution in [1.29, 1.82) is 0 Å². The van der Waals surface area contributed by atoms with Crippen molar-refractivity contribution in [3.63, 3.8) is 0 Å². The number of nitrogens with one attached hydrogen (secondary N) is 1. The van der Waals surface area contributed by atoms with E-state index in [4.69, 9.17) is 4.74 Å². The number of hydrogen-bond acceptors (Lipinski definition) is 3. The Morgan fingerprint density at radius 1 is 1.12 bits per heavy atom. The Morgan fingerprint density at radius 3 is 2.40 bits per heavy atom. The predicted octanol–water partition coefficient (Wildman–Crippen LogP) is 2.43. The minimum atomic E-state index is -0.628. The van der Waals surface area contributed by atoms with Crippen LogP contribution in [-0.4, -0.2) is 44.0 Å². The highest BCUT2D eigenvalue weighted by molar-refractivity contribution is 5.98. The molecule has 25 heavy (non-hydrogen) atoms. The minimum Gasteiger partial charge on any atom is -0.496 e. The number of nitrogens with zero attached hydrogens (tertiary/aromatic N) is 1. The van der Waals surface area contributed by atoms with Gasteiger partial charge < -0.3 is 15.0 Å². The number of amides is 2. The molecule has 0 aliphatic rings. The molecule has 0 fully saturated rings. The maximum Gasteiger partial charge on any atom is 0.252 e. The summed E-state index contributed by atoms with van der Waals surface area (Å²) in [6.45, 7) is 1.91. The molecule has 0 heterocycles. The maximum absolute atomic E-state index is 12.6. The molecule has 0 saturated heterocycles. The summed E-state index contributed by atoms with van der Waals surface area (Å²) < 4.78 is 5.27. The number of methoxy groups -OCH3 is 1. The molecule has 1 unspecified atom stereocenters. The first-order valence-electron chi connectivity index (χ1n) is 8.13. The van der Waals surface area contributed by atoms with Gasteiger partial charge in [-0.15, -0.1) is 0 Å². The monoisotopic (exact) mass is 340 g/mol. The third kappa shape index (κ3) is 4.83. The molecule has 5 heteroatoms. The number of aryl methyl sites for hydroxylation is 1. The molecule has 0 aliphatic heterocycles. The molecule has 1 atom stereocenters. The fourth-order valence-electron chi connectivity index (χ4n) is 2.56. The molecular weight excluding hydrogens is 316 g/mol. The Bertz CT molecular complexity index is 742. The lowest BCUT2D eigenvalue weighted by atomic mass is 10.0. The zero-order chi connectivity index (χ0) is 18.4. The molecule has 2 aromatic carbocycles. The topological polar surface area (TPSA) is 58.6 Å². The number of rotatable bonds is 6. The van der Waals surface area contributed by atoms with Crippen molar-refractivity contribution < 1.29 is 14.3 Å². The van der Waals surface area contributed by atoms with E-state index in [0.29, 0.717) is 17.7 Å². The van der Waals surface area contributed by atoms with Crippen molar-refractivity contribution in [2.24, 2.45) is 0 Å². The lowest BCUT2D eigenvalue weighted by molar-refractivity contribution is -0.130. The van der Waals surface area contributed by atoms with Gasteiger partial charge in [0, 0.05) is 26.1 Å². The third-order valence-corrected chi connectivity index (χ3v) is 4.00. The van der Waals surface area contributed by atoms with Crippen LogP contribution in [0, 0.1) is 6.92 Å². The van der Waals surface area contributed by atoms with Gasteiger partial charge in [-0.05, 0) is 30.2 Å². The number of carbonyl (C=O) groups is 2. The van der Waals surface area contributed by atoms with Gasteiger partial charge in [-0.1, -0.05) is 36.4 Å². The second kappa shape index (κ2) is 8.33. The second-order valence-corrected chi connectivity index (χ2v) is 6.13. The Hall–Kier alpha value is -2.82. The summed E-state index contributed by atoms with van der Waals surface area (Å²) in [5, 5.41) is 2.85. The summed E-state index contributed by atoms with van der Waals surface area (Å²) in [6, 6.07) is 14.2. The molecule has 0 spiro atoms. The number of benzene rings is 2. The van der Waals surface area contributed by atoms with Crippen LogP contribution in [-0.2, 0) is 11.2 Å². The van der Waals surface area contributed by atoms with Gasteiger partial charge in [0.1, 0.15) is 11.8 Å². The van der Waals surface area contributed by atoms with Gasteiger partial charge in [-0.25, -0.2) is 0 Å². The zero-order valence-electron chi connectivity index (χ0n) is 15.1. The molecule has 2 amide bonds. The van der Waals surface area contributed by atoms with E-state index in [1.807, 2.05) is 43.3 Å². The van der Waals surface area contributed by atoms with Crippen molar-refractivity contribution >= 4 is 11.8 Å². The van der Waals surface area contributed by atoms with Crippen LogP contribution in [0.5, 0.6) is 5.75 Å². The summed E-state index contributed by atoms with van der Waals surface area (Å²) in [4.78, 5) is 26.6. The normalized spacial score (nSPS) is 11.5. The highest BCUT2D eigenvalue weighted by Crippen LogP contribution is 2.19. The molecule has 1 N–H and O–H groups in total. The van der Waals surface area contributed by atoms with E-state index in [1.165, 1.54) is 4.90 Å². The van der Waals surface area contributed by atoms with Crippen LogP contribution in [0.15, 0.2) is 48.5 Å². The molecular formula is C20H24N2O3. The molecule has 2 rings (SSSR count). The smallest absolute Gasteiger partial charge is 0.252 e. The quantitative estimate of drug-likeness (QED) is 0.879. The van der Waals surface area contributed by atoms with Crippen LogP contribution in [0.3, 0.4) is 0 Å². The van der Waals surface area contributed by atoms with E-state index in [-0.39, 0.29) is 11.8 Å². The lowest BCUT2D eigenvalue weighted by Gasteiger charge is -2.22. The summed E-state index contributed by atoms with van der Waals surface area (Å²) in [5.74, 6) is 0.205. The number of carbonyl (C=O) groups excluding carboxylic acids is 2. The van der Waals surface area contributed by atoms with Crippen molar-refractivity contribution in [2.45, 2.75) is 19.4 Å². The first-order valence-corrected chi connectivity index (χ1v) is 8.13. The molecule has 0 bridgehead atoms. The van der Waals surface area contributed by atoms with E-state index >= 15 is 0 Å². The molecule has 132 valence electrons. The summed E-state index contributed by atoms with van der Waals surface area (Å²) >= 11 is 0. The van der Waals surface area contributed by atoms with Crippen molar-refractivity contribution in [1.82, 2.24) is 10.2 Å². The molecule has 0 radical (unpaired) electrons. The van der Waals surface area contributed by atoms with Crippen LogP contribution in [0.1, 0.15) is 21.5 Å². The number of hydrogen-bond donors (Lipinski definition) is 1. The van der Waals surface area contributed by atoms with E-state index in [0.717, 1.165) is 11.1 Å². The Labute approximate surface area is 148 Å². The van der Waals surface area contributed by atoms with Crippen LogP contribution in [0.4, 0.5) is 0 Å². The van der Waals surface area contributed by atoms with Crippen LogP contribution in [0.25, 0.3) is 0 Å². The molecule has 0 aliphatic carbocycles. The average Bonchev–Trinajstić information content (AvgIpc) is 2.61. The van der Waals surface area contributed by atoms with Crippen LogP contribution in [0.2, 0.25) is 0 Å². The predicted molar refractivity (Wildman–Crippen MR) is 97.8 cm³/mol. The SMILES string of the molecule is COc1cc(C(=O)NC(Cc2ccccc2)C(=O)N(C)C)ccc1C. The Balaban J connectivity index is 2.20. The van der Waals surface area contributed by atoms with Gasteiger partial charge in [0.05, 0.1) is 7.11 Å². The lowest BCUT2D eigenvalue weighted by Crippen LogP contribution is -2.47. The third-order valence-electron chi connectivity index (χ3n) is 4.00. The van der Waals surface area contributed by atoms with Crippen molar-refractivity contribution in [3.05, 3.63) is 65.2 Å². The maximum atomic E-state index is 12.6. The Kier molecular flexibility index (Phi) is 6.17. The summed E-state index contributed by atoms with van der Waals surface area (Å²) in [7, 11) is 4.93. The first kappa shape index (κ1) is 18.5. The van der Waals surface area contributed by atoms with E-state index in [9.17, 15) is 9.59 Å². The highest BCUT2D eigenvalue weighted by atomic mass is 16.5. The van der Waals surface area contributed by atoms with E-state index in [1.54, 1.807) is 33.3 Å². The summed E-state index contributed by atoms with van der Waals surface area (Å²) in [6.07, 6.45) is 0.437. The van der Waals surface area contributed by atoms with E-state index < -0.39 is 6.04 Å². The number of ether oxygens (including phenoxy) is 1. The van der Waals surface area contributed by atoms with Gasteiger partial charge in [-0.3, -0.25) is 9.59 Å². The van der Waals surface area contributed by atoms with Gasteiger partial charge in [-0.2, -0.15) is 0 Å². The van der Waals surface area contributed by atoms with Crippen molar-refractivity contribution in [2.75, 3.05) is 21.2 Å². The zero-order valence-corrected chi connectivity index (χ0v) is 15.1. The fraction of sp³-hybridized carbons (Fsp3) is 0.300.